The number of aryl methyl sites for hydroxylation is 1. The fraction of sp³-hybridized carbons (Fsp3) is 0.167. The predicted molar refractivity (Wildman–Crippen MR) is 121 cm³/mol. The van der Waals surface area contributed by atoms with Gasteiger partial charge in [-0.2, -0.15) is 5.10 Å². The lowest BCUT2D eigenvalue weighted by atomic mass is 10.0. The van der Waals surface area contributed by atoms with Crippen LogP contribution in [0.3, 0.4) is 0 Å². The minimum atomic E-state index is -0.0187. The van der Waals surface area contributed by atoms with Gasteiger partial charge in [0.15, 0.2) is 0 Å². The number of carbonyl (C=O) groups is 1. The number of anilines is 1. The van der Waals surface area contributed by atoms with Gasteiger partial charge in [-0.15, -0.1) is 11.8 Å². The van der Waals surface area contributed by atoms with Crippen molar-refractivity contribution in [3.05, 3.63) is 89.7 Å². The average molecular weight is 402 g/mol. The lowest BCUT2D eigenvalue weighted by molar-refractivity contribution is -0.113. The van der Waals surface area contributed by atoms with E-state index >= 15 is 0 Å². The molecule has 4 nitrogen and oxygen atoms in total. The Kier molecular flexibility index (Phi) is 5.67. The number of nitrogens with zero attached hydrogens (tertiary/aromatic N) is 2. The van der Waals surface area contributed by atoms with Crippen LogP contribution >= 0.6 is 11.8 Å². The maximum absolute atomic E-state index is 12.5. The first-order chi connectivity index (χ1) is 14.1. The van der Waals surface area contributed by atoms with E-state index in [-0.39, 0.29) is 5.91 Å². The summed E-state index contributed by atoms with van der Waals surface area (Å²) in [7, 11) is 0. The van der Waals surface area contributed by atoms with Crippen LogP contribution in [0.4, 0.5) is 5.69 Å². The van der Waals surface area contributed by atoms with Crippen molar-refractivity contribution in [1.82, 2.24) is 9.78 Å². The van der Waals surface area contributed by atoms with Crippen LogP contribution in [-0.2, 0) is 11.3 Å². The Hall–Kier alpha value is -3.05. The number of hydrogen-bond donors (Lipinski definition) is 1. The van der Waals surface area contributed by atoms with E-state index in [4.69, 9.17) is 0 Å². The van der Waals surface area contributed by atoms with Crippen molar-refractivity contribution >= 4 is 34.1 Å². The van der Waals surface area contributed by atoms with Crippen LogP contribution in [0, 0.1) is 13.8 Å². The molecule has 0 aliphatic rings. The van der Waals surface area contributed by atoms with E-state index < -0.39 is 0 Å². The van der Waals surface area contributed by atoms with Crippen LogP contribution in [0.2, 0.25) is 0 Å². The van der Waals surface area contributed by atoms with Crippen LogP contribution in [0.15, 0.2) is 77.7 Å². The maximum Gasteiger partial charge on any atom is 0.234 e. The van der Waals surface area contributed by atoms with E-state index in [1.165, 1.54) is 28.1 Å². The zero-order chi connectivity index (χ0) is 20.2. The molecule has 0 fully saturated rings. The highest BCUT2D eigenvalue weighted by Gasteiger charge is 2.15. The molecule has 0 atom stereocenters. The summed E-state index contributed by atoms with van der Waals surface area (Å²) in [6.45, 7) is 4.61. The zero-order valence-electron chi connectivity index (χ0n) is 16.6. The van der Waals surface area contributed by atoms with Crippen LogP contribution < -0.4 is 5.32 Å². The van der Waals surface area contributed by atoms with Gasteiger partial charge in [-0.3, -0.25) is 9.48 Å². The standard InChI is InChI=1S/C24H23N3OS/c1-17-24(25-23(28)16-29-21-12-4-3-5-13-21)18(2)27(26-17)15-20-11-8-10-19-9-6-7-14-22(19)20/h3-14H,15-16H2,1-2H3,(H,25,28). The first kappa shape index (κ1) is 19.3. The van der Waals surface area contributed by atoms with E-state index in [2.05, 4.69) is 52.9 Å². The molecule has 4 rings (SSSR count). The summed E-state index contributed by atoms with van der Waals surface area (Å²) in [4.78, 5) is 13.5. The molecule has 0 aliphatic heterocycles. The van der Waals surface area contributed by atoms with Gasteiger partial charge in [0.1, 0.15) is 0 Å². The summed E-state index contributed by atoms with van der Waals surface area (Å²) in [5, 5.41) is 10.2. The fourth-order valence-corrected chi connectivity index (χ4v) is 4.18. The number of aromatic nitrogens is 2. The highest BCUT2D eigenvalue weighted by Crippen LogP contribution is 2.24. The smallest absolute Gasteiger partial charge is 0.234 e. The second-order valence-electron chi connectivity index (χ2n) is 6.99. The summed E-state index contributed by atoms with van der Waals surface area (Å²) in [6.07, 6.45) is 0. The number of nitrogens with one attached hydrogen (secondary N) is 1. The first-order valence-electron chi connectivity index (χ1n) is 9.60. The maximum atomic E-state index is 12.5. The number of carbonyl (C=O) groups excluding carboxylic acids is 1. The van der Waals surface area contributed by atoms with Crippen molar-refractivity contribution in [3.63, 3.8) is 0 Å². The molecule has 1 N–H and O–H groups in total. The van der Waals surface area contributed by atoms with Gasteiger partial charge >= 0.3 is 0 Å². The van der Waals surface area contributed by atoms with E-state index in [0.717, 1.165) is 22.0 Å². The molecule has 0 bridgehead atoms. The first-order valence-corrected chi connectivity index (χ1v) is 10.6. The number of fused-ring (bicyclic) bond motifs is 1. The van der Waals surface area contributed by atoms with Crippen molar-refractivity contribution in [2.24, 2.45) is 0 Å². The van der Waals surface area contributed by atoms with E-state index in [1.807, 2.05) is 48.9 Å². The molecular formula is C24H23N3OS. The molecule has 0 saturated carbocycles. The summed E-state index contributed by atoms with van der Waals surface area (Å²) in [5.74, 6) is 0.354. The van der Waals surface area contributed by atoms with Crippen LogP contribution in [0.1, 0.15) is 17.0 Å². The summed E-state index contributed by atoms with van der Waals surface area (Å²) >= 11 is 1.53. The second-order valence-corrected chi connectivity index (χ2v) is 8.04. The normalized spacial score (nSPS) is 11.0. The Morgan fingerprint density at radius 1 is 0.966 bits per heavy atom. The quantitative estimate of drug-likeness (QED) is 0.438. The summed E-state index contributed by atoms with van der Waals surface area (Å²) in [5.41, 5.74) is 3.82. The summed E-state index contributed by atoms with van der Waals surface area (Å²) in [6, 6.07) is 24.7. The van der Waals surface area contributed by atoms with E-state index in [1.54, 1.807) is 0 Å². The van der Waals surface area contributed by atoms with Crippen molar-refractivity contribution in [2.75, 3.05) is 11.1 Å². The highest BCUT2D eigenvalue weighted by atomic mass is 32.2. The number of rotatable bonds is 6. The molecule has 1 amide bonds. The van der Waals surface area contributed by atoms with Crippen molar-refractivity contribution in [3.8, 4) is 0 Å². The molecule has 0 spiro atoms. The molecule has 1 heterocycles. The summed E-state index contributed by atoms with van der Waals surface area (Å²) < 4.78 is 1.97. The molecule has 146 valence electrons. The Labute approximate surface area is 174 Å². The topological polar surface area (TPSA) is 46.9 Å². The third kappa shape index (κ3) is 4.35. The monoisotopic (exact) mass is 401 g/mol. The zero-order valence-corrected chi connectivity index (χ0v) is 17.4. The van der Waals surface area contributed by atoms with Crippen molar-refractivity contribution in [2.45, 2.75) is 25.3 Å². The minimum Gasteiger partial charge on any atom is -0.322 e. The van der Waals surface area contributed by atoms with Gasteiger partial charge in [0, 0.05) is 4.90 Å². The minimum absolute atomic E-state index is 0.0187. The van der Waals surface area contributed by atoms with Gasteiger partial charge < -0.3 is 5.32 Å². The van der Waals surface area contributed by atoms with Gasteiger partial charge in [0.25, 0.3) is 0 Å². The second kappa shape index (κ2) is 8.53. The Bertz CT molecular complexity index is 1150. The lowest BCUT2D eigenvalue weighted by Crippen LogP contribution is -2.15. The van der Waals surface area contributed by atoms with Crippen LogP contribution in [0.25, 0.3) is 10.8 Å². The molecule has 0 aliphatic carbocycles. The third-order valence-electron chi connectivity index (χ3n) is 4.96. The highest BCUT2D eigenvalue weighted by molar-refractivity contribution is 8.00. The number of benzene rings is 3. The number of amides is 1. The van der Waals surface area contributed by atoms with Gasteiger partial charge in [0.2, 0.25) is 5.91 Å². The van der Waals surface area contributed by atoms with Crippen LogP contribution in [-0.4, -0.2) is 21.4 Å². The SMILES string of the molecule is Cc1nn(Cc2cccc3ccccc23)c(C)c1NC(=O)CSc1ccccc1. The van der Waals surface area contributed by atoms with Crippen LogP contribution in [0.5, 0.6) is 0 Å². The molecule has 4 aromatic rings. The molecule has 5 heteroatoms. The fourth-order valence-electron chi connectivity index (χ4n) is 3.46. The Morgan fingerprint density at radius 3 is 2.52 bits per heavy atom. The van der Waals surface area contributed by atoms with Gasteiger partial charge in [-0.1, -0.05) is 60.7 Å². The molecule has 29 heavy (non-hydrogen) atoms. The van der Waals surface area contributed by atoms with Gasteiger partial charge in [0.05, 0.1) is 29.4 Å². The molecule has 0 saturated heterocycles. The third-order valence-corrected chi connectivity index (χ3v) is 5.97. The average Bonchev–Trinajstić information content (AvgIpc) is 3.01. The molecular weight excluding hydrogens is 378 g/mol. The molecule has 1 aromatic heterocycles. The molecule has 0 unspecified atom stereocenters. The van der Waals surface area contributed by atoms with E-state index in [0.29, 0.717) is 12.3 Å². The Balaban J connectivity index is 1.49. The van der Waals surface area contributed by atoms with Gasteiger partial charge in [-0.25, -0.2) is 0 Å². The van der Waals surface area contributed by atoms with Crippen molar-refractivity contribution < 1.29 is 4.79 Å². The van der Waals surface area contributed by atoms with E-state index in [9.17, 15) is 4.79 Å². The van der Waals surface area contributed by atoms with Gasteiger partial charge in [-0.05, 0) is 42.3 Å². The molecule has 3 aromatic carbocycles. The predicted octanol–water partition coefficient (Wildman–Crippen LogP) is 5.43. The molecule has 0 radical (unpaired) electrons. The Morgan fingerprint density at radius 2 is 1.69 bits per heavy atom. The lowest BCUT2D eigenvalue weighted by Gasteiger charge is -2.09. The largest absolute Gasteiger partial charge is 0.322 e. The number of thioether (sulfide) groups is 1. The van der Waals surface area contributed by atoms with Crippen molar-refractivity contribution in [1.29, 1.82) is 0 Å². The number of hydrogen-bond acceptors (Lipinski definition) is 3.